The molecule has 2 rings (SSSR count). The van der Waals surface area contributed by atoms with E-state index in [9.17, 15) is 19.2 Å². The summed E-state index contributed by atoms with van der Waals surface area (Å²) >= 11 is 0. The summed E-state index contributed by atoms with van der Waals surface area (Å²) in [5.41, 5.74) is 0.137. The summed E-state index contributed by atoms with van der Waals surface area (Å²) in [6.07, 6.45) is -2.09. The number of esters is 1. The molecule has 1 aromatic carbocycles. The van der Waals surface area contributed by atoms with Gasteiger partial charge in [-0.15, -0.1) is 0 Å². The second-order valence-corrected chi connectivity index (χ2v) is 5.07. The quantitative estimate of drug-likeness (QED) is 0.333. The normalized spacial score (nSPS) is 14.3. The van der Waals surface area contributed by atoms with Gasteiger partial charge in [0.1, 0.15) is 5.57 Å². The molecular formula is C18H19NO8. The number of anilines is 1. The lowest BCUT2D eigenvalue weighted by atomic mass is 10.1. The molecule has 0 saturated carbocycles. The fourth-order valence-electron chi connectivity index (χ4n) is 2.43. The fraction of sp³-hybridized carbons (Fsp3) is 0.333. The van der Waals surface area contributed by atoms with Crippen molar-refractivity contribution in [3.8, 4) is 0 Å². The zero-order chi connectivity index (χ0) is 20.0. The van der Waals surface area contributed by atoms with Crippen LogP contribution < -0.4 is 4.90 Å². The van der Waals surface area contributed by atoms with Crippen LogP contribution in [0.4, 0.5) is 15.3 Å². The highest BCUT2D eigenvalue weighted by Crippen LogP contribution is 2.39. The van der Waals surface area contributed by atoms with Gasteiger partial charge in [0.2, 0.25) is 5.76 Å². The highest BCUT2D eigenvalue weighted by molar-refractivity contribution is 6.41. The Morgan fingerprint density at radius 1 is 0.926 bits per heavy atom. The zero-order valence-corrected chi connectivity index (χ0v) is 15.1. The molecule has 0 bridgehead atoms. The van der Waals surface area contributed by atoms with Crippen molar-refractivity contribution in [3.63, 3.8) is 0 Å². The number of hydrogen-bond donors (Lipinski definition) is 0. The number of carbonyl (C=O) groups excluding carboxylic acids is 4. The Kier molecular flexibility index (Phi) is 6.53. The van der Waals surface area contributed by atoms with Crippen molar-refractivity contribution in [2.45, 2.75) is 20.8 Å². The van der Waals surface area contributed by atoms with Gasteiger partial charge in [0.15, 0.2) is 0 Å². The Morgan fingerprint density at radius 3 is 2.19 bits per heavy atom. The lowest BCUT2D eigenvalue weighted by Gasteiger charge is -2.14. The van der Waals surface area contributed by atoms with E-state index in [0.29, 0.717) is 0 Å². The van der Waals surface area contributed by atoms with Gasteiger partial charge in [-0.25, -0.2) is 19.3 Å². The van der Waals surface area contributed by atoms with Gasteiger partial charge < -0.3 is 18.9 Å². The summed E-state index contributed by atoms with van der Waals surface area (Å²) in [6.45, 7) is 4.74. The standard InChI is InChI=1S/C18H19NO8/c1-4-24-16(21)14(27-18(23)26-6-3)13-11-9-7-8-10-12(11)19(15(13)20)17(22)25-5-2/h7-10H,4-6H2,1-3H3/b14-13-. The van der Waals surface area contributed by atoms with Gasteiger partial charge in [-0.3, -0.25) is 4.79 Å². The largest absolute Gasteiger partial charge is 0.514 e. The Balaban J connectivity index is 2.61. The minimum absolute atomic E-state index is 0.00373. The number of amides is 2. The molecule has 0 spiro atoms. The highest BCUT2D eigenvalue weighted by atomic mass is 16.7. The van der Waals surface area contributed by atoms with Crippen LogP contribution in [0.25, 0.3) is 5.57 Å². The molecule has 9 heteroatoms. The van der Waals surface area contributed by atoms with Crippen molar-refractivity contribution in [2.75, 3.05) is 24.7 Å². The van der Waals surface area contributed by atoms with Crippen LogP contribution in [-0.4, -0.2) is 43.9 Å². The number of fused-ring (bicyclic) bond motifs is 1. The minimum atomic E-state index is -1.17. The summed E-state index contributed by atoms with van der Waals surface area (Å²) < 4.78 is 19.4. The predicted octanol–water partition coefficient (Wildman–Crippen LogP) is 2.64. The number of para-hydroxylation sites is 1. The van der Waals surface area contributed by atoms with Gasteiger partial charge in [-0.1, -0.05) is 18.2 Å². The van der Waals surface area contributed by atoms with E-state index in [1.165, 1.54) is 12.1 Å². The van der Waals surface area contributed by atoms with E-state index < -0.39 is 29.9 Å². The first-order valence-electron chi connectivity index (χ1n) is 8.32. The van der Waals surface area contributed by atoms with Gasteiger partial charge in [0, 0.05) is 5.56 Å². The molecule has 0 fully saturated rings. The smallest absolute Gasteiger partial charge is 0.460 e. The van der Waals surface area contributed by atoms with Gasteiger partial charge in [-0.05, 0) is 26.8 Å². The molecule has 0 atom stereocenters. The molecule has 1 aromatic rings. The maximum absolute atomic E-state index is 12.9. The molecular weight excluding hydrogens is 358 g/mol. The molecule has 0 aliphatic carbocycles. The molecule has 2 amide bonds. The summed E-state index contributed by atoms with van der Waals surface area (Å²) in [5, 5.41) is 0. The van der Waals surface area contributed by atoms with Crippen LogP contribution in [0.3, 0.4) is 0 Å². The SMILES string of the molecule is CCOC(=O)O/C(C(=O)OCC)=C1\C(=O)N(C(=O)OCC)c2ccccc21. The predicted molar refractivity (Wildman–Crippen MR) is 92.6 cm³/mol. The fourth-order valence-corrected chi connectivity index (χ4v) is 2.43. The second-order valence-electron chi connectivity index (χ2n) is 5.07. The van der Waals surface area contributed by atoms with Gasteiger partial charge in [0.25, 0.3) is 5.91 Å². The van der Waals surface area contributed by atoms with E-state index >= 15 is 0 Å². The van der Waals surface area contributed by atoms with E-state index in [1.54, 1.807) is 32.9 Å². The number of rotatable bonds is 5. The van der Waals surface area contributed by atoms with Crippen LogP contribution in [0.15, 0.2) is 30.0 Å². The highest BCUT2D eigenvalue weighted by Gasteiger charge is 2.42. The molecule has 27 heavy (non-hydrogen) atoms. The van der Waals surface area contributed by atoms with E-state index in [-0.39, 0.29) is 36.6 Å². The number of benzene rings is 1. The second kappa shape index (κ2) is 8.84. The molecule has 9 nitrogen and oxygen atoms in total. The number of hydrogen-bond acceptors (Lipinski definition) is 8. The molecule has 0 unspecified atom stereocenters. The van der Waals surface area contributed by atoms with Gasteiger partial charge >= 0.3 is 18.2 Å². The van der Waals surface area contributed by atoms with E-state index in [1.807, 2.05) is 0 Å². The molecule has 0 N–H and O–H groups in total. The van der Waals surface area contributed by atoms with Crippen molar-refractivity contribution in [1.29, 1.82) is 0 Å². The third-order valence-electron chi connectivity index (χ3n) is 3.42. The molecule has 1 heterocycles. The third kappa shape index (κ3) is 4.08. The number of ether oxygens (including phenoxy) is 4. The summed E-state index contributed by atoms with van der Waals surface area (Å²) in [7, 11) is 0. The first-order valence-corrected chi connectivity index (χ1v) is 8.32. The van der Waals surface area contributed by atoms with Gasteiger partial charge in [-0.2, -0.15) is 0 Å². The number of imide groups is 1. The average Bonchev–Trinajstić information content (AvgIpc) is 2.92. The first-order chi connectivity index (χ1) is 13.0. The molecule has 1 aliphatic rings. The van der Waals surface area contributed by atoms with E-state index in [0.717, 1.165) is 4.90 Å². The Labute approximate surface area is 155 Å². The minimum Gasteiger partial charge on any atom is -0.460 e. The topological polar surface area (TPSA) is 108 Å². The molecule has 1 aliphatic heterocycles. The van der Waals surface area contributed by atoms with E-state index in [4.69, 9.17) is 14.2 Å². The Morgan fingerprint density at radius 2 is 1.56 bits per heavy atom. The molecule has 0 aromatic heterocycles. The summed E-state index contributed by atoms with van der Waals surface area (Å²) in [6, 6.07) is 6.23. The van der Waals surface area contributed by atoms with Crippen LogP contribution in [0.5, 0.6) is 0 Å². The first kappa shape index (κ1) is 20.0. The van der Waals surface area contributed by atoms with Crippen molar-refractivity contribution in [1.82, 2.24) is 0 Å². The molecule has 144 valence electrons. The van der Waals surface area contributed by atoms with Crippen molar-refractivity contribution in [2.24, 2.45) is 0 Å². The Bertz CT molecular complexity index is 798. The van der Waals surface area contributed by atoms with E-state index in [2.05, 4.69) is 4.74 Å². The van der Waals surface area contributed by atoms with Crippen LogP contribution in [0.1, 0.15) is 26.3 Å². The number of nitrogens with zero attached hydrogens (tertiary/aromatic N) is 1. The van der Waals surface area contributed by atoms with Crippen molar-refractivity contribution in [3.05, 3.63) is 35.6 Å². The number of carbonyl (C=O) groups is 4. The maximum Gasteiger partial charge on any atom is 0.514 e. The van der Waals surface area contributed by atoms with Gasteiger partial charge in [0.05, 0.1) is 25.5 Å². The molecule has 0 radical (unpaired) electrons. The lowest BCUT2D eigenvalue weighted by Crippen LogP contribution is -2.34. The van der Waals surface area contributed by atoms with Crippen LogP contribution in [0, 0.1) is 0 Å². The summed E-state index contributed by atoms with van der Waals surface area (Å²) in [4.78, 5) is 50.0. The molecule has 0 saturated heterocycles. The summed E-state index contributed by atoms with van der Waals surface area (Å²) in [5.74, 6) is -2.56. The maximum atomic E-state index is 12.9. The lowest BCUT2D eigenvalue weighted by molar-refractivity contribution is -0.142. The van der Waals surface area contributed by atoms with Crippen molar-refractivity contribution >= 4 is 35.4 Å². The van der Waals surface area contributed by atoms with Crippen LogP contribution >= 0.6 is 0 Å². The van der Waals surface area contributed by atoms with Crippen LogP contribution in [-0.2, 0) is 28.5 Å². The van der Waals surface area contributed by atoms with Crippen LogP contribution in [0.2, 0.25) is 0 Å². The monoisotopic (exact) mass is 377 g/mol. The average molecular weight is 377 g/mol. The third-order valence-corrected chi connectivity index (χ3v) is 3.42. The van der Waals surface area contributed by atoms with Crippen molar-refractivity contribution < 1.29 is 38.1 Å². The Hall–Kier alpha value is -3.36. The zero-order valence-electron chi connectivity index (χ0n) is 15.1.